The first kappa shape index (κ1) is 50.0. The fourth-order valence-corrected chi connectivity index (χ4v) is 15.5. The molecule has 8 rings (SSSR count). The number of methoxy groups -OCH3 is 1. The molecule has 6 heterocycles. The van der Waals surface area contributed by atoms with Crippen LogP contribution in [-0.2, 0) is 20.0 Å². The number of sulfonamides is 2. The van der Waals surface area contributed by atoms with E-state index in [1.165, 1.54) is 43.4 Å². The molecule has 2 aromatic carbocycles. The van der Waals surface area contributed by atoms with Crippen LogP contribution in [0.1, 0.15) is 48.2 Å². The lowest BCUT2D eigenvalue weighted by atomic mass is 9.98. The second-order valence-electron chi connectivity index (χ2n) is 14.9. The lowest BCUT2D eigenvalue weighted by Gasteiger charge is -2.33. The minimum atomic E-state index is -3.89. The Morgan fingerprint density at radius 3 is 1.31 bits per heavy atom. The number of nitro benzene ring substituents is 1. The fraction of sp³-hybridized carbons (Fsp3) is 0.333. The molecule has 356 valence electrons. The first-order valence-electron chi connectivity index (χ1n) is 19.9. The van der Waals surface area contributed by atoms with E-state index >= 15 is 0 Å². The van der Waals surface area contributed by atoms with Gasteiger partial charge in [-0.1, -0.05) is 61.3 Å². The highest BCUT2D eigenvalue weighted by Crippen LogP contribution is 2.40. The maximum atomic E-state index is 12.9. The van der Waals surface area contributed by atoms with Crippen molar-refractivity contribution in [1.82, 2.24) is 18.6 Å². The molecule has 0 radical (unpaired) electrons. The van der Waals surface area contributed by atoms with Crippen LogP contribution in [0.5, 0.6) is 5.75 Å². The van der Waals surface area contributed by atoms with Crippen LogP contribution in [-0.4, -0.2) is 110 Å². The van der Waals surface area contributed by atoms with Gasteiger partial charge in [0.2, 0.25) is 0 Å². The summed E-state index contributed by atoms with van der Waals surface area (Å²) in [6, 6.07) is 16.3. The van der Waals surface area contributed by atoms with Gasteiger partial charge in [0.15, 0.2) is 18.9 Å². The smallest absolute Gasteiger partial charge is 0.300 e. The van der Waals surface area contributed by atoms with E-state index in [9.17, 15) is 47.2 Å². The third kappa shape index (κ3) is 11.0. The molecular weight excluding hydrogens is 1030 g/mol. The molecule has 2 saturated heterocycles. The molecule has 4 aromatic heterocycles. The monoisotopic (exact) mass is 1070 g/mol. The zero-order chi connectivity index (χ0) is 48.4. The number of benzene rings is 2. The molecule has 0 N–H and O–H groups in total. The Morgan fingerprint density at radius 1 is 0.612 bits per heavy atom. The Hall–Kier alpha value is -4.90. The van der Waals surface area contributed by atoms with Gasteiger partial charge in [-0.05, 0) is 23.3 Å². The van der Waals surface area contributed by atoms with Crippen LogP contribution in [0.4, 0.5) is 27.3 Å². The number of aromatic nitrogens is 2. The van der Waals surface area contributed by atoms with E-state index in [1.807, 2.05) is 46.8 Å². The number of nitrogens with zero attached hydrogens (tertiary/aromatic N) is 9. The molecular formula is C39H39Cl2N9O11S6. The lowest BCUT2D eigenvalue weighted by Crippen LogP contribution is -2.48. The zero-order valence-electron chi connectivity index (χ0n) is 35.5. The van der Waals surface area contributed by atoms with Crippen molar-refractivity contribution in [1.29, 1.82) is 0 Å². The van der Waals surface area contributed by atoms with Crippen LogP contribution in [0, 0.1) is 30.3 Å². The number of anilines is 2. The van der Waals surface area contributed by atoms with Crippen molar-refractivity contribution in [2.75, 3.05) is 69.3 Å². The highest BCUT2D eigenvalue weighted by atomic mass is 35.5. The second kappa shape index (κ2) is 20.8. The fourth-order valence-electron chi connectivity index (χ4n) is 7.03. The molecule has 0 saturated carbocycles. The van der Waals surface area contributed by atoms with Gasteiger partial charge in [-0.25, -0.2) is 26.8 Å². The number of hydrogen-bond acceptors (Lipinski definition) is 19. The Balaban J connectivity index is 0.000000199. The van der Waals surface area contributed by atoms with Crippen molar-refractivity contribution >= 4 is 116 Å². The van der Waals surface area contributed by atoms with Crippen molar-refractivity contribution in [2.24, 2.45) is 0 Å². The number of ether oxygens (including phenoxy) is 1. The van der Waals surface area contributed by atoms with Gasteiger partial charge in [0, 0.05) is 99.2 Å². The maximum Gasteiger partial charge on any atom is 0.300 e. The third-order valence-electron chi connectivity index (χ3n) is 11.0. The predicted molar refractivity (Wildman–Crippen MR) is 259 cm³/mol. The summed E-state index contributed by atoms with van der Waals surface area (Å²) in [5, 5.41) is 38.4. The second-order valence-corrected chi connectivity index (χ2v) is 24.2. The SMILES string of the molecule is CC(c1ccc([N+](=O)[O-])cc1)c1csc(N2CCN(S(=O)(=O)c3cc([N+](=O)[O-])c(Cl)s3)CC2)n1.COc1ccc(C(C)c2csc(N3CCN(S(=O)(=O)c4cc([N+](=O)[O-])c(Cl)s4)CC3)n2)cc1. The van der Waals surface area contributed by atoms with Crippen LogP contribution >= 0.6 is 68.5 Å². The molecule has 0 amide bonds. The first-order chi connectivity index (χ1) is 31.8. The number of halogens is 2. The highest BCUT2D eigenvalue weighted by Gasteiger charge is 2.35. The third-order valence-corrected chi connectivity index (χ3v) is 20.2. The maximum absolute atomic E-state index is 12.9. The molecule has 2 atom stereocenters. The molecule has 67 heavy (non-hydrogen) atoms. The van der Waals surface area contributed by atoms with E-state index in [0.717, 1.165) is 50.7 Å². The first-order valence-corrected chi connectivity index (χ1v) is 27.0. The van der Waals surface area contributed by atoms with Gasteiger partial charge >= 0.3 is 0 Å². The van der Waals surface area contributed by atoms with Crippen LogP contribution in [0.25, 0.3) is 0 Å². The van der Waals surface area contributed by atoms with E-state index in [4.69, 9.17) is 37.9 Å². The lowest BCUT2D eigenvalue weighted by molar-refractivity contribution is -0.385. The zero-order valence-corrected chi connectivity index (χ0v) is 41.9. The normalized spacial score (nSPS) is 16.0. The molecule has 2 unspecified atom stereocenters. The van der Waals surface area contributed by atoms with Crippen molar-refractivity contribution in [2.45, 2.75) is 34.1 Å². The molecule has 28 heteroatoms. The predicted octanol–water partition coefficient (Wildman–Crippen LogP) is 8.77. The summed E-state index contributed by atoms with van der Waals surface area (Å²) in [5.41, 5.74) is 3.04. The summed E-state index contributed by atoms with van der Waals surface area (Å²) in [4.78, 5) is 44.6. The summed E-state index contributed by atoms with van der Waals surface area (Å²) in [6.45, 7) is 6.78. The minimum absolute atomic E-state index is 0.0298. The standard InChI is InChI=1S/C20H21ClN4O5S3.C19H18ClN5O6S3/c1-13(14-3-5-15(30-2)6-4-14)16-12-31-20(22-16)23-7-9-24(10-8-23)33(28,29)18-11-17(25(26)27)19(21)32-18;1-12(13-2-4-14(5-3-13)24(26)27)15-11-32-19(21-15)22-6-8-23(9-7-22)34(30,31)17-10-16(25(28)29)18(20)33-17/h3-6,11-13H,7-10H2,1-2H3;2-5,10-12H,6-9H2,1H3. The topological polar surface area (TPSA) is 246 Å². The number of rotatable bonds is 14. The van der Waals surface area contributed by atoms with Gasteiger partial charge in [-0.2, -0.15) is 8.61 Å². The number of non-ortho nitro benzene ring substituents is 1. The number of thiazole rings is 2. The molecule has 20 nitrogen and oxygen atoms in total. The number of piperazine rings is 2. The Bertz CT molecular complexity index is 2990. The van der Waals surface area contributed by atoms with E-state index in [-0.39, 0.29) is 66.5 Å². The molecule has 2 aliphatic heterocycles. The van der Waals surface area contributed by atoms with Crippen LogP contribution in [0.3, 0.4) is 0 Å². The van der Waals surface area contributed by atoms with Gasteiger partial charge in [0.25, 0.3) is 37.1 Å². The van der Waals surface area contributed by atoms with Crippen molar-refractivity contribution in [3.05, 3.63) is 133 Å². The molecule has 2 fully saturated rings. The molecule has 0 bridgehead atoms. The largest absolute Gasteiger partial charge is 0.497 e. The molecule has 6 aromatic rings. The van der Waals surface area contributed by atoms with E-state index in [1.54, 1.807) is 19.2 Å². The summed E-state index contributed by atoms with van der Waals surface area (Å²) in [6.07, 6.45) is 0. The Labute approximate surface area is 410 Å². The van der Waals surface area contributed by atoms with E-state index < -0.39 is 40.5 Å². The van der Waals surface area contributed by atoms with Crippen molar-refractivity contribution < 1.29 is 36.3 Å². The van der Waals surface area contributed by atoms with Crippen LogP contribution in [0.15, 0.2) is 79.8 Å². The minimum Gasteiger partial charge on any atom is -0.497 e. The van der Waals surface area contributed by atoms with Crippen LogP contribution < -0.4 is 14.5 Å². The molecule has 0 aliphatic carbocycles. The number of nitro groups is 3. The quantitative estimate of drug-likeness (QED) is 0.0731. The summed E-state index contributed by atoms with van der Waals surface area (Å²) in [5.74, 6) is 0.853. The average Bonchev–Trinajstić information content (AvgIpc) is 4.16. The Morgan fingerprint density at radius 2 is 0.985 bits per heavy atom. The van der Waals surface area contributed by atoms with Gasteiger partial charge in [0.1, 0.15) is 14.2 Å². The average molecular weight is 1070 g/mol. The van der Waals surface area contributed by atoms with E-state index in [0.29, 0.717) is 48.9 Å². The van der Waals surface area contributed by atoms with Gasteiger partial charge in [0.05, 0.1) is 33.3 Å². The number of hydrogen-bond donors (Lipinski definition) is 0. The van der Waals surface area contributed by atoms with Crippen molar-refractivity contribution in [3.8, 4) is 5.75 Å². The van der Waals surface area contributed by atoms with E-state index in [2.05, 4.69) is 11.8 Å². The van der Waals surface area contributed by atoms with Gasteiger partial charge < -0.3 is 14.5 Å². The molecule has 0 spiro atoms. The Kier molecular flexibility index (Phi) is 15.5. The summed E-state index contributed by atoms with van der Waals surface area (Å²) < 4.78 is 59.0. The highest BCUT2D eigenvalue weighted by molar-refractivity contribution is 7.91. The molecule has 2 aliphatic rings. The number of thiophene rings is 2. The summed E-state index contributed by atoms with van der Waals surface area (Å²) in [7, 11) is -6.09. The van der Waals surface area contributed by atoms with Gasteiger partial charge in [-0.15, -0.1) is 45.3 Å². The van der Waals surface area contributed by atoms with Gasteiger partial charge in [-0.3, -0.25) is 30.3 Å². The van der Waals surface area contributed by atoms with Crippen molar-refractivity contribution in [3.63, 3.8) is 0 Å². The summed E-state index contributed by atoms with van der Waals surface area (Å²) >= 11 is 16.0. The van der Waals surface area contributed by atoms with Crippen LogP contribution in [0.2, 0.25) is 8.67 Å².